The predicted molar refractivity (Wildman–Crippen MR) is 83.2 cm³/mol. The van der Waals surface area contributed by atoms with Crippen molar-refractivity contribution in [2.75, 3.05) is 10.6 Å². The standard InChI is InChI=1S/C17H20N2O2/c1-2-15(16-4-3-11-21-16)18-13-7-9-14(10-8-13)19-17(20)12-5-6-12/h3-4,7-12,15,18H,2,5-6H2,1H3,(H,19,20). The minimum absolute atomic E-state index is 0.137. The summed E-state index contributed by atoms with van der Waals surface area (Å²) in [4.78, 5) is 11.7. The number of benzene rings is 1. The van der Waals surface area contributed by atoms with E-state index < -0.39 is 0 Å². The Morgan fingerprint density at radius 3 is 2.52 bits per heavy atom. The van der Waals surface area contributed by atoms with E-state index in [2.05, 4.69) is 17.6 Å². The molecule has 1 heterocycles. The summed E-state index contributed by atoms with van der Waals surface area (Å²) in [6.45, 7) is 2.12. The highest BCUT2D eigenvalue weighted by Crippen LogP contribution is 2.30. The molecule has 1 atom stereocenters. The van der Waals surface area contributed by atoms with Crippen molar-refractivity contribution < 1.29 is 9.21 Å². The molecule has 0 aliphatic heterocycles. The predicted octanol–water partition coefficient (Wildman–Crippen LogP) is 4.19. The second-order valence-electron chi connectivity index (χ2n) is 5.46. The zero-order chi connectivity index (χ0) is 14.7. The molecule has 1 aromatic carbocycles. The topological polar surface area (TPSA) is 54.3 Å². The summed E-state index contributed by atoms with van der Waals surface area (Å²) < 4.78 is 5.45. The second-order valence-corrected chi connectivity index (χ2v) is 5.46. The number of nitrogens with one attached hydrogen (secondary N) is 2. The zero-order valence-corrected chi connectivity index (χ0v) is 12.1. The molecule has 21 heavy (non-hydrogen) atoms. The average Bonchev–Trinajstić information content (AvgIpc) is 3.22. The quantitative estimate of drug-likeness (QED) is 0.836. The average molecular weight is 284 g/mol. The van der Waals surface area contributed by atoms with E-state index in [4.69, 9.17) is 4.42 Å². The lowest BCUT2D eigenvalue weighted by Gasteiger charge is -2.16. The Labute approximate surface area is 124 Å². The third-order valence-electron chi connectivity index (χ3n) is 3.74. The van der Waals surface area contributed by atoms with Gasteiger partial charge in [-0.3, -0.25) is 4.79 Å². The smallest absolute Gasteiger partial charge is 0.227 e. The molecular formula is C17H20N2O2. The van der Waals surface area contributed by atoms with Crippen LogP contribution in [0.25, 0.3) is 0 Å². The third-order valence-corrected chi connectivity index (χ3v) is 3.74. The largest absolute Gasteiger partial charge is 0.467 e. The molecule has 2 N–H and O–H groups in total. The van der Waals surface area contributed by atoms with Crippen LogP contribution < -0.4 is 10.6 Å². The van der Waals surface area contributed by atoms with E-state index in [9.17, 15) is 4.79 Å². The van der Waals surface area contributed by atoms with Crippen molar-refractivity contribution in [3.63, 3.8) is 0 Å². The molecule has 0 radical (unpaired) electrons. The summed E-state index contributed by atoms with van der Waals surface area (Å²) >= 11 is 0. The molecule has 3 rings (SSSR count). The molecule has 1 aliphatic rings. The van der Waals surface area contributed by atoms with Gasteiger partial charge in [-0.1, -0.05) is 6.92 Å². The van der Waals surface area contributed by atoms with E-state index in [1.807, 2.05) is 36.4 Å². The Morgan fingerprint density at radius 2 is 1.95 bits per heavy atom. The van der Waals surface area contributed by atoms with Crippen LogP contribution in [0, 0.1) is 5.92 Å². The van der Waals surface area contributed by atoms with Crippen molar-refractivity contribution in [2.45, 2.75) is 32.2 Å². The molecule has 0 spiro atoms. The molecule has 2 aromatic rings. The molecule has 1 saturated carbocycles. The van der Waals surface area contributed by atoms with Crippen LogP contribution in [0.3, 0.4) is 0 Å². The molecule has 1 amide bonds. The first kappa shape index (κ1) is 13.7. The van der Waals surface area contributed by atoms with Crippen LogP contribution in [-0.4, -0.2) is 5.91 Å². The number of hydrogen-bond donors (Lipinski definition) is 2. The SMILES string of the molecule is CCC(Nc1ccc(NC(=O)C2CC2)cc1)c1ccco1. The highest BCUT2D eigenvalue weighted by molar-refractivity contribution is 5.94. The van der Waals surface area contributed by atoms with Crippen LogP contribution in [0.4, 0.5) is 11.4 Å². The van der Waals surface area contributed by atoms with Gasteiger partial charge >= 0.3 is 0 Å². The maximum absolute atomic E-state index is 11.7. The number of amides is 1. The molecule has 1 unspecified atom stereocenters. The maximum atomic E-state index is 11.7. The van der Waals surface area contributed by atoms with E-state index in [1.165, 1.54) is 0 Å². The minimum Gasteiger partial charge on any atom is -0.467 e. The summed E-state index contributed by atoms with van der Waals surface area (Å²) in [5, 5.41) is 6.38. The van der Waals surface area contributed by atoms with Gasteiger partial charge in [0, 0.05) is 17.3 Å². The molecule has 1 aliphatic carbocycles. The second kappa shape index (κ2) is 6.04. The number of carbonyl (C=O) groups is 1. The van der Waals surface area contributed by atoms with Crippen molar-refractivity contribution >= 4 is 17.3 Å². The monoisotopic (exact) mass is 284 g/mol. The van der Waals surface area contributed by atoms with Gasteiger partial charge in [0.05, 0.1) is 12.3 Å². The lowest BCUT2D eigenvalue weighted by Crippen LogP contribution is -2.13. The van der Waals surface area contributed by atoms with Gasteiger partial charge < -0.3 is 15.1 Å². The van der Waals surface area contributed by atoms with E-state index >= 15 is 0 Å². The van der Waals surface area contributed by atoms with Crippen LogP contribution in [0.5, 0.6) is 0 Å². The van der Waals surface area contributed by atoms with Gasteiger partial charge in [0.2, 0.25) is 5.91 Å². The molecule has 110 valence electrons. The molecule has 0 saturated heterocycles. The van der Waals surface area contributed by atoms with Crippen LogP contribution in [0.2, 0.25) is 0 Å². The molecule has 1 aromatic heterocycles. The third kappa shape index (κ3) is 3.45. The van der Waals surface area contributed by atoms with Crippen molar-refractivity contribution in [3.05, 3.63) is 48.4 Å². The summed E-state index contributed by atoms with van der Waals surface area (Å²) in [6, 6.07) is 11.9. The Balaban J connectivity index is 1.62. The lowest BCUT2D eigenvalue weighted by molar-refractivity contribution is -0.117. The van der Waals surface area contributed by atoms with Gasteiger partial charge in [0.15, 0.2) is 0 Å². The van der Waals surface area contributed by atoms with Crippen molar-refractivity contribution in [3.8, 4) is 0 Å². The Hall–Kier alpha value is -2.23. The first-order valence-electron chi connectivity index (χ1n) is 7.47. The number of carbonyl (C=O) groups excluding carboxylic acids is 1. The van der Waals surface area contributed by atoms with Gasteiger partial charge in [-0.15, -0.1) is 0 Å². The van der Waals surface area contributed by atoms with Gasteiger partial charge in [0.1, 0.15) is 5.76 Å². The van der Waals surface area contributed by atoms with Crippen LogP contribution in [0.1, 0.15) is 38.0 Å². The van der Waals surface area contributed by atoms with Gasteiger partial charge in [-0.25, -0.2) is 0 Å². The Bertz CT molecular complexity index is 586. The number of hydrogen-bond acceptors (Lipinski definition) is 3. The first-order valence-corrected chi connectivity index (χ1v) is 7.47. The van der Waals surface area contributed by atoms with Gasteiger partial charge in [0.25, 0.3) is 0 Å². The first-order chi connectivity index (χ1) is 10.3. The number of rotatable bonds is 6. The van der Waals surface area contributed by atoms with Crippen molar-refractivity contribution in [1.29, 1.82) is 0 Å². The molecule has 4 nitrogen and oxygen atoms in total. The fraction of sp³-hybridized carbons (Fsp3) is 0.353. The summed E-state index contributed by atoms with van der Waals surface area (Å²) in [6.07, 6.45) is 4.67. The summed E-state index contributed by atoms with van der Waals surface area (Å²) in [5.41, 5.74) is 1.87. The van der Waals surface area contributed by atoms with Crippen molar-refractivity contribution in [1.82, 2.24) is 0 Å². The maximum Gasteiger partial charge on any atom is 0.227 e. The Kier molecular flexibility index (Phi) is 3.95. The Morgan fingerprint density at radius 1 is 1.24 bits per heavy atom. The minimum atomic E-state index is 0.137. The van der Waals surface area contributed by atoms with E-state index in [1.54, 1.807) is 6.26 Å². The summed E-state index contributed by atoms with van der Waals surface area (Å²) in [7, 11) is 0. The summed E-state index contributed by atoms with van der Waals surface area (Å²) in [5.74, 6) is 1.30. The molecular weight excluding hydrogens is 264 g/mol. The van der Waals surface area contributed by atoms with Gasteiger partial charge in [-0.2, -0.15) is 0 Å². The van der Waals surface area contributed by atoms with Crippen LogP contribution >= 0.6 is 0 Å². The highest BCUT2D eigenvalue weighted by atomic mass is 16.3. The van der Waals surface area contributed by atoms with E-state index in [0.717, 1.165) is 36.4 Å². The van der Waals surface area contributed by atoms with Crippen molar-refractivity contribution in [2.24, 2.45) is 5.92 Å². The molecule has 0 bridgehead atoms. The normalized spacial score (nSPS) is 15.5. The van der Waals surface area contributed by atoms with Crippen LogP contribution in [-0.2, 0) is 4.79 Å². The van der Waals surface area contributed by atoms with E-state index in [0.29, 0.717) is 0 Å². The molecule has 4 heteroatoms. The fourth-order valence-electron chi connectivity index (χ4n) is 2.30. The van der Waals surface area contributed by atoms with Gasteiger partial charge in [-0.05, 0) is 55.7 Å². The van der Waals surface area contributed by atoms with E-state index in [-0.39, 0.29) is 17.9 Å². The zero-order valence-electron chi connectivity index (χ0n) is 12.1. The number of anilines is 2. The molecule has 1 fully saturated rings. The highest BCUT2D eigenvalue weighted by Gasteiger charge is 2.29. The lowest BCUT2D eigenvalue weighted by atomic mass is 10.1. The number of furan rings is 1. The fourth-order valence-corrected chi connectivity index (χ4v) is 2.30. The van der Waals surface area contributed by atoms with Crippen LogP contribution in [0.15, 0.2) is 47.1 Å².